The van der Waals surface area contributed by atoms with Crippen molar-refractivity contribution in [3.63, 3.8) is 0 Å². The summed E-state index contributed by atoms with van der Waals surface area (Å²) in [5, 5.41) is 14.1. The van der Waals surface area contributed by atoms with Gasteiger partial charge in [-0.1, -0.05) is 12.1 Å². The number of benzene rings is 1. The highest BCUT2D eigenvalue weighted by atomic mass is 16.5. The maximum atomic E-state index is 12.1. The molecule has 3 rings (SSSR count). The lowest BCUT2D eigenvalue weighted by Crippen LogP contribution is -2.32. The fourth-order valence-electron chi connectivity index (χ4n) is 2.69. The molecule has 0 aliphatic carbocycles. The molecule has 138 valence electrons. The molecule has 2 heterocycles. The van der Waals surface area contributed by atoms with Gasteiger partial charge in [0.1, 0.15) is 5.75 Å². The van der Waals surface area contributed by atoms with Crippen molar-refractivity contribution in [3.8, 4) is 5.75 Å². The number of para-hydroxylation sites is 2. The predicted molar refractivity (Wildman–Crippen MR) is 98.8 cm³/mol. The van der Waals surface area contributed by atoms with E-state index in [0.29, 0.717) is 12.4 Å². The van der Waals surface area contributed by atoms with E-state index >= 15 is 0 Å². The van der Waals surface area contributed by atoms with Crippen LogP contribution in [0.2, 0.25) is 0 Å². The molecule has 2 aromatic rings. The Hall–Kier alpha value is -2.67. The smallest absolute Gasteiger partial charge is 0.271 e. The number of anilines is 2. The van der Waals surface area contributed by atoms with E-state index in [1.807, 2.05) is 38.1 Å². The Morgan fingerprint density at radius 2 is 2.12 bits per heavy atom. The first-order chi connectivity index (χ1) is 12.6. The summed E-state index contributed by atoms with van der Waals surface area (Å²) in [5.74, 6) is 1.03. The van der Waals surface area contributed by atoms with Gasteiger partial charge >= 0.3 is 0 Å². The summed E-state index contributed by atoms with van der Waals surface area (Å²) in [6.45, 7) is 5.21. The number of nitrogens with one attached hydrogen (secondary N) is 2. The molecule has 0 radical (unpaired) electrons. The number of hydrogen-bond acceptors (Lipinski definition) is 6. The highest BCUT2D eigenvalue weighted by Crippen LogP contribution is 2.27. The minimum atomic E-state index is -0.247. The molecule has 1 aromatic heterocycles. The lowest BCUT2D eigenvalue weighted by atomic mass is 10.2. The van der Waals surface area contributed by atoms with Crippen molar-refractivity contribution in [2.45, 2.75) is 38.9 Å². The summed E-state index contributed by atoms with van der Waals surface area (Å²) in [6, 6.07) is 11.0. The van der Waals surface area contributed by atoms with Crippen LogP contribution in [0.1, 0.15) is 37.2 Å². The summed E-state index contributed by atoms with van der Waals surface area (Å²) >= 11 is 0. The van der Waals surface area contributed by atoms with Crippen LogP contribution in [0.15, 0.2) is 36.4 Å². The standard InChI is InChI=1S/C19H24N4O3/c1-13(2)26-17-8-4-3-7-15(17)21-18-10-9-16(22-23-18)19(24)20-12-14-6-5-11-25-14/h3-4,7-10,13-14H,5-6,11-12H2,1-2H3,(H,20,24)(H,21,23). The fraction of sp³-hybridized carbons (Fsp3) is 0.421. The molecule has 1 fully saturated rings. The number of amides is 1. The first-order valence-electron chi connectivity index (χ1n) is 8.88. The van der Waals surface area contributed by atoms with Crippen LogP contribution < -0.4 is 15.4 Å². The van der Waals surface area contributed by atoms with Gasteiger partial charge in [0.2, 0.25) is 0 Å². The van der Waals surface area contributed by atoms with Crippen molar-refractivity contribution in [1.82, 2.24) is 15.5 Å². The molecular weight excluding hydrogens is 332 g/mol. The van der Waals surface area contributed by atoms with Crippen LogP contribution in [-0.4, -0.2) is 41.5 Å². The first-order valence-corrected chi connectivity index (χ1v) is 8.88. The number of rotatable bonds is 7. The van der Waals surface area contributed by atoms with Crippen LogP contribution in [0.4, 0.5) is 11.5 Å². The Labute approximate surface area is 153 Å². The Morgan fingerprint density at radius 1 is 1.27 bits per heavy atom. The van der Waals surface area contributed by atoms with Gasteiger partial charge in [0, 0.05) is 13.2 Å². The molecule has 1 aliphatic heterocycles. The second-order valence-electron chi connectivity index (χ2n) is 6.44. The molecular formula is C19H24N4O3. The Morgan fingerprint density at radius 3 is 2.81 bits per heavy atom. The molecule has 26 heavy (non-hydrogen) atoms. The van der Waals surface area contributed by atoms with E-state index < -0.39 is 0 Å². The zero-order valence-corrected chi connectivity index (χ0v) is 15.1. The van der Waals surface area contributed by atoms with Gasteiger partial charge in [-0.2, -0.15) is 0 Å². The minimum absolute atomic E-state index is 0.0685. The van der Waals surface area contributed by atoms with Crippen molar-refractivity contribution in [2.24, 2.45) is 0 Å². The molecule has 2 N–H and O–H groups in total. The molecule has 1 amide bonds. The Bertz CT molecular complexity index is 728. The van der Waals surface area contributed by atoms with Crippen molar-refractivity contribution < 1.29 is 14.3 Å². The van der Waals surface area contributed by atoms with Gasteiger partial charge in [-0.3, -0.25) is 4.79 Å². The van der Waals surface area contributed by atoms with E-state index in [0.717, 1.165) is 30.9 Å². The maximum absolute atomic E-state index is 12.1. The van der Waals surface area contributed by atoms with Crippen molar-refractivity contribution in [1.29, 1.82) is 0 Å². The summed E-state index contributed by atoms with van der Waals surface area (Å²) in [7, 11) is 0. The van der Waals surface area contributed by atoms with E-state index in [4.69, 9.17) is 9.47 Å². The highest BCUT2D eigenvalue weighted by Gasteiger charge is 2.17. The molecule has 7 heteroatoms. The van der Waals surface area contributed by atoms with Crippen LogP contribution in [-0.2, 0) is 4.74 Å². The molecule has 7 nitrogen and oxygen atoms in total. The number of aromatic nitrogens is 2. The molecule has 1 atom stereocenters. The molecule has 0 bridgehead atoms. The average molecular weight is 356 g/mol. The highest BCUT2D eigenvalue weighted by molar-refractivity contribution is 5.92. The Kier molecular flexibility index (Phi) is 6.01. The molecule has 1 aliphatic rings. The minimum Gasteiger partial charge on any atom is -0.489 e. The zero-order chi connectivity index (χ0) is 18.4. The third kappa shape index (κ3) is 4.92. The lowest BCUT2D eigenvalue weighted by molar-refractivity contribution is 0.0853. The zero-order valence-electron chi connectivity index (χ0n) is 15.1. The lowest BCUT2D eigenvalue weighted by Gasteiger charge is -2.15. The van der Waals surface area contributed by atoms with Crippen LogP contribution in [0, 0.1) is 0 Å². The molecule has 0 saturated carbocycles. The normalized spacial score (nSPS) is 16.5. The van der Waals surface area contributed by atoms with Gasteiger partial charge < -0.3 is 20.1 Å². The third-order valence-electron chi connectivity index (χ3n) is 3.92. The second-order valence-corrected chi connectivity index (χ2v) is 6.44. The number of nitrogens with zero attached hydrogens (tertiary/aromatic N) is 2. The molecule has 1 unspecified atom stereocenters. The van der Waals surface area contributed by atoms with Crippen LogP contribution in [0.3, 0.4) is 0 Å². The number of hydrogen-bond donors (Lipinski definition) is 2. The van der Waals surface area contributed by atoms with Gasteiger partial charge in [-0.05, 0) is 51.0 Å². The van der Waals surface area contributed by atoms with Crippen LogP contribution >= 0.6 is 0 Å². The molecule has 1 saturated heterocycles. The van der Waals surface area contributed by atoms with E-state index in [9.17, 15) is 4.79 Å². The number of carbonyl (C=O) groups excluding carboxylic acids is 1. The molecule has 0 spiro atoms. The van der Waals surface area contributed by atoms with Gasteiger partial charge in [0.05, 0.1) is 17.9 Å². The van der Waals surface area contributed by atoms with E-state index in [1.54, 1.807) is 12.1 Å². The van der Waals surface area contributed by atoms with Crippen LogP contribution in [0.5, 0.6) is 5.75 Å². The summed E-state index contributed by atoms with van der Waals surface area (Å²) in [5.41, 5.74) is 1.08. The van der Waals surface area contributed by atoms with Crippen molar-refractivity contribution >= 4 is 17.4 Å². The summed E-state index contributed by atoms with van der Waals surface area (Å²) < 4.78 is 11.3. The van der Waals surface area contributed by atoms with Crippen molar-refractivity contribution in [2.75, 3.05) is 18.5 Å². The van der Waals surface area contributed by atoms with E-state index in [2.05, 4.69) is 20.8 Å². The second kappa shape index (κ2) is 8.62. The topological polar surface area (TPSA) is 85.4 Å². The summed E-state index contributed by atoms with van der Waals surface area (Å²) in [6.07, 6.45) is 2.19. The van der Waals surface area contributed by atoms with Gasteiger partial charge in [-0.15, -0.1) is 10.2 Å². The fourth-order valence-corrected chi connectivity index (χ4v) is 2.69. The first kappa shape index (κ1) is 18.1. The molecule has 1 aromatic carbocycles. The van der Waals surface area contributed by atoms with E-state index in [-0.39, 0.29) is 23.8 Å². The quantitative estimate of drug-likeness (QED) is 0.793. The SMILES string of the molecule is CC(C)Oc1ccccc1Nc1ccc(C(=O)NCC2CCCO2)nn1. The predicted octanol–water partition coefficient (Wildman–Crippen LogP) is 2.92. The number of ether oxygens (including phenoxy) is 2. The van der Waals surface area contributed by atoms with Gasteiger partial charge in [0.25, 0.3) is 5.91 Å². The largest absolute Gasteiger partial charge is 0.489 e. The van der Waals surface area contributed by atoms with Gasteiger partial charge in [0.15, 0.2) is 11.5 Å². The van der Waals surface area contributed by atoms with Crippen LogP contribution in [0.25, 0.3) is 0 Å². The number of carbonyl (C=O) groups is 1. The monoisotopic (exact) mass is 356 g/mol. The Balaban J connectivity index is 1.60. The average Bonchev–Trinajstić information content (AvgIpc) is 3.15. The maximum Gasteiger partial charge on any atom is 0.271 e. The van der Waals surface area contributed by atoms with Crippen molar-refractivity contribution in [3.05, 3.63) is 42.1 Å². The van der Waals surface area contributed by atoms with Gasteiger partial charge in [-0.25, -0.2) is 0 Å². The summed E-state index contributed by atoms with van der Waals surface area (Å²) in [4.78, 5) is 12.1. The third-order valence-corrected chi connectivity index (χ3v) is 3.92. The van der Waals surface area contributed by atoms with E-state index in [1.165, 1.54) is 0 Å².